The van der Waals surface area contributed by atoms with Gasteiger partial charge in [0.05, 0.1) is 4.90 Å². The van der Waals surface area contributed by atoms with Crippen molar-refractivity contribution in [1.82, 2.24) is 8.87 Å². The van der Waals surface area contributed by atoms with E-state index in [1.807, 2.05) is 0 Å². The van der Waals surface area contributed by atoms with Gasteiger partial charge >= 0.3 is 0 Å². The number of carbonyl (C=O) groups excluding carboxylic acids is 1. The summed E-state index contributed by atoms with van der Waals surface area (Å²) in [7, 11) is -1.000. The Morgan fingerprint density at radius 2 is 1.75 bits per heavy atom. The van der Waals surface area contributed by atoms with Crippen LogP contribution in [0.2, 0.25) is 0 Å². The smallest absolute Gasteiger partial charge is 0.300 e. The maximum atomic E-state index is 12.6. The molecule has 124 valence electrons. The molecule has 0 aliphatic carbocycles. The van der Waals surface area contributed by atoms with Crippen molar-refractivity contribution in [3.63, 3.8) is 0 Å². The molecule has 0 atom stereocenters. The maximum Gasteiger partial charge on any atom is 0.300 e. The molecule has 1 aromatic carbocycles. The van der Waals surface area contributed by atoms with E-state index in [1.54, 1.807) is 48.1 Å². The van der Waals surface area contributed by atoms with Crippen molar-refractivity contribution in [3.05, 3.63) is 65.4 Å². The van der Waals surface area contributed by atoms with Crippen molar-refractivity contribution < 1.29 is 18.3 Å². The van der Waals surface area contributed by atoms with Gasteiger partial charge in [0.1, 0.15) is 5.49 Å². The van der Waals surface area contributed by atoms with E-state index in [9.17, 15) is 18.3 Å². The Balaban J connectivity index is 2.23. The Hall–Kier alpha value is -2.87. The Morgan fingerprint density at radius 3 is 2.46 bits per heavy atom. The van der Waals surface area contributed by atoms with Crippen LogP contribution in [0.1, 0.15) is 5.56 Å². The van der Waals surface area contributed by atoms with Crippen LogP contribution in [-0.2, 0) is 21.9 Å². The number of nitrogens with zero attached hydrogens (tertiary/aromatic N) is 3. The van der Waals surface area contributed by atoms with Crippen LogP contribution in [0.4, 0.5) is 0 Å². The van der Waals surface area contributed by atoms with Gasteiger partial charge in [0.15, 0.2) is 11.5 Å². The highest BCUT2D eigenvalue weighted by Crippen LogP contribution is 2.34. The summed E-state index contributed by atoms with van der Waals surface area (Å²) >= 11 is 0. The number of pyridine rings is 1. The molecule has 8 heteroatoms. The van der Waals surface area contributed by atoms with Crippen LogP contribution in [-0.4, -0.2) is 35.4 Å². The first kappa shape index (κ1) is 16.0. The van der Waals surface area contributed by atoms with Crippen molar-refractivity contribution in [1.29, 1.82) is 0 Å². The lowest BCUT2D eigenvalue weighted by Crippen LogP contribution is -2.35. The van der Waals surface area contributed by atoms with Gasteiger partial charge in [-0.15, -0.1) is 0 Å². The molecular weight excluding hydrogens is 330 g/mol. The van der Waals surface area contributed by atoms with Crippen molar-refractivity contribution in [2.75, 3.05) is 7.05 Å². The number of aryl methyl sites for hydroxylation is 1. The van der Waals surface area contributed by atoms with Crippen molar-refractivity contribution in [3.8, 4) is 0 Å². The number of carbonyl (C=O) groups is 1. The fourth-order valence-electron chi connectivity index (χ4n) is 2.46. The summed E-state index contributed by atoms with van der Waals surface area (Å²) in [6.45, 7) is 0. The fraction of sp³-hybridized carbons (Fsp3) is 0.125. The topological polar surface area (TPSA) is 92.0 Å². The van der Waals surface area contributed by atoms with Gasteiger partial charge in [-0.25, -0.2) is 8.42 Å². The molecule has 0 spiro atoms. The van der Waals surface area contributed by atoms with Crippen LogP contribution in [0.15, 0.2) is 64.2 Å². The normalized spacial score (nSPS) is 16.9. The van der Waals surface area contributed by atoms with E-state index in [-0.39, 0.29) is 16.2 Å². The molecule has 7 nitrogen and oxygen atoms in total. The molecule has 0 bridgehead atoms. The molecule has 0 fully saturated rings. The van der Waals surface area contributed by atoms with E-state index in [4.69, 9.17) is 0 Å². The van der Waals surface area contributed by atoms with Crippen molar-refractivity contribution >= 4 is 21.7 Å². The molecule has 0 radical (unpaired) electrons. The number of aliphatic hydroxyl groups excluding tert-OH is 1. The lowest BCUT2D eigenvalue weighted by atomic mass is 10.1. The monoisotopic (exact) mass is 345 g/mol. The van der Waals surface area contributed by atoms with Crippen molar-refractivity contribution in [2.45, 2.75) is 4.90 Å². The number of fused-ring (bicyclic) bond motifs is 1. The molecule has 2 heterocycles. The molecule has 0 saturated heterocycles. The summed E-state index contributed by atoms with van der Waals surface area (Å²) in [6, 6.07) is 11.1. The standard InChI is InChI=1S/C16H15N3O4S/c1-18-10-6-5-9-13(18)17-16(21)14-15(20)11-7-3-4-8-12(11)24(22,23)19(14)2/h3-10,20H,1-2H3. The second kappa shape index (κ2) is 5.64. The van der Waals surface area contributed by atoms with Gasteiger partial charge in [0, 0.05) is 25.9 Å². The number of likely N-dealkylation sites (N-methyl/N-ethyl adjacent to an activating group) is 1. The Morgan fingerprint density at radius 1 is 1.08 bits per heavy atom. The molecule has 2 aromatic rings. The number of sulfonamides is 1. The Bertz CT molecular complexity index is 1040. The predicted octanol–water partition coefficient (Wildman–Crippen LogP) is 1.01. The molecule has 0 saturated carbocycles. The minimum absolute atomic E-state index is 0.0492. The molecule has 1 N–H and O–H groups in total. The molecule has 1 aliphatic rings. The lowest BCUT2D eigenvalue weighted by molar-refractivity contribution is -0.115. The van der Waals surface area contributed by atoms with E-state index < -0.39 is 21.7 Å². The van der Waals surface area contributed by atoms with Gasteiger partial charge in [-0.1, -0.05) is 18.2 Å². The number of amides is 1. The zero-order valence-electron chi connectivity index (χ0n) is 13.0. The van der Waals surface area contributed by atoms with Crippen LogP contribution in [0.3, 0.4) is 0 Å². The van der Waals surface area contributed by atoms with Crippen LogP contribution >= 0.6 is 0 Å². The van der Waals surface area contributed by atoms with Gasteiger partial charge in [-0.05, 0) is 24.3 Å². The second-order valence-electron chi connectivity index (χ2n) is 5.25. The summed E-state index contributed by atoms with van der Waals surface area (Å²) in [4.78, 5) is 16.4. The highest BCUT2D eigenvalue weighted by molar-refractivity contribution is 7.89. The van der Waals surface area contributed by atoms with Crippen LogP contribution in [0, 0.1) is 0 Å². The summed E-state index contributed by atoms with van der Waals surface area (Å²) in [5.74, 6) is -1.25. The number of rotatable bonds is 1. The van der Waals surface area contributed by atoms with E-state index in [1.165, 1.54) is 19.2 Å². The van der Waals surface area contributed by atoms with E-state index in [2.05, 4.69) is 4.99 Å². The SMILES string of the molecule is CN1C(C(=O)N=c2ccccn2C)=C(O)c2ccccc2S1(=O)=O. The van der Waals surface area contributed by atoms with Crippen molar-refractivity contribution in [2.24, 2.45) is 12.0 Å². The largest absolute Gasteiger partial charge is 0.505 e. The third kappa shape index (κ3) is 2.41. The average Bonchev–Trinajstić information content (AvgIpc) is 2.56. The fourth-order valence-corrected chi connectivity index (χ4v) is 3.85. The lowest BCUT2D eigenvalue weighted by Gasteiger charge is -2.27. The quantitative estimate of drug-likeness (QED) is 0.835. The molecule has 0 unspecified atom stereocenters. The summed E-state index contributed by atoms with van der Waals surface area (Å²) in [6.07, 6.45) is 1.71. The minimum atomic E-state index is -3.92. The highest BCUT2D eigenvalue weighted by atomic mass is 32.2. The number of aliphatic hydroxyl groups is 1. The number of hydrogen-bond donors (Lipinski definition) is 1. The summed E-state index contributed by atoms with van der Waals surface area (Å²) in [5.41, 5.74) is 0.0524. The Kier molecular flexibility index (Phi) is 3.76. The highest BCUT2D eigenvalue weighted by Gasteiger charge is 2.37. The van der Waals surface area contributed by atoms with E-state index in [0.717, 1.165) is 4.31 Å². The summed E-state index contributed by atoms with van der Waals surface area (Å²) in [5, 5.41) is 10.4. The molecule has 1 aliphatic heterocycles. The van der Waals surface area contributed by atoms with Crippen LogP contribution in [0.5, 0.6) is 0 Å². The first-order valence-electron chi connectivity index (χ1n) is 7.06. The maximum absolute atomic E-state index is 12.6. The average molecular weight is 345 g/mol. The van der Waals surface area contributed by atoms with E-state index >= 15 is 0 Å². The molecule has 3 rings (SSSR count). The third-order valence-corrected chi connectivity index (χ3v) is 5.58. The predicted molar refractivity (Wildman–Crippen MR) is 86.9 cm³/mol. The molecular formula is C16H15N3O4S. The van der Waals surface area contributed by atoms with Gasteiger partial charge < -0.3 is 9.67 Å². The number of aromatic nitrogens is 1. The number of benzene rings is 1. The van der Waals surface area contributed by atoms with Gasteiger partial charge in [0.25, 0.3) is 15.9 Å². The first-order chi connectivity index (χ1) is 11.3. The summed E-state index contributed by atoms with van der Waals surface area (Å²) < 4.78 is 27.5. The molecule has 1 aromatic heterocycles. The Labute approximate surface area is 138 Å². The number of hydrogen-bond acceptors (Lipinski definition) is 4. The minimum Gasteiger partial charge on any atom is -0.505 e. The second-order valence-corrected chi connectivity index (χ2v) is 7.19. The third-order valence-electron chi connectivity index (χ3n) is 3.77. The van der Waals surface area contributed by atoms with Crippen LogP contribution < -0.4 is 5.49 Å². The molecule has 1 amide bonds. The molecule has 24 heavy (non-hydrogen) atoms. The first-order valence-corrected chi connectivity index (χ1v) is 8.50. The van der Waals surface area contributed by atoms with Gasteiger partial charge in [-0.2, -0.15) is 4.99 Å². The van der Waals surface area contributed by atoms with Gasteiger partial charge in [-0.3, -0.25) is 9.10 Å². The zero-order chi connectivity index (χ0) is 17.5. The van der Waals surface area contributed by atoms with Gasteiger partial charge in [0.2, 0.25) is 0 Å². The van der Waals surface area contributed by atoms with Crippen LogP contribution in [0.25, 0.3) is 5.76 Å². The zero-order valence-corrected chi connectivity index (χ0v) is 13.9. The van der Waals surface area contributed by atoms with E-state index in [0.29, 0.717) is 5.49 Å².